The fourth-order valence-corrected chi connectivity index (χ4v) is 4.33. The number of rotatable bonds is 4. The fraction of sp³-hybridized carbons (Fsp3) is 0.136. The smallest absolute Gasteiger partial charge is 0.331 e. The summed E-state index contributed by atoms with van der Waals surface area (Å²) < 4.78 is 5.19. The lowest BCUT2D eigenvalue weighted by atomic mass is 9.90. The predicted molar refractivity (Wildman–Crippen MR) is 119 cm³/mol. The average Bonchev–Trinajstić information content (AvgIpc) is 2.94. The highest BCUT2D eigenvalue weighted by atomic mass is 35.5. The summed E-state index contributed by atoms with van der Waals surface area (Å²) in [6.45, 7) is 0.985. The number of hydrogen-bond acceptors (Lipinski definition) is 4. The van der Waals surface area contributed by atoms with Gasteiger partial charge in [-0.3, -0.25) is 9.69 Å². The van der Waals surface area contributed by atoms with Gasteiger partial charge in [0.1, 0.15) is 12.1 Å². The molecule has 1 atom stereocenters. The van der Waals surface area contributed by atoms with Crippen LogP contribution in [0.4, 0.5) is 4.79 Å². The largest absolute Gasteiger partial charge is 0.422 e. The first-order valence-corrected chi connectivity index (χ1v) is 10.3. The van der Waals surface area contributed by atoms with Crippen molar-refractivity contribution in [3.63, 3.8) is 0 Å². The van der Waals surface area contributed by atoms with Crippen molar-refractivity contribution in [2.75, 3.05) is 6.54 Å². The Morgan fingerprint density at radius 1 is 1.00 bits per heavy atom. The minimum atomic E-state index is -1.32. The summed E-state index contributed by atoms with van der Waals surface area (Å²) in [5.41, 5.74) is -0.721. The third-order valence-corrected chi connectivity index (χ3v) is 5.85. The molecule has 0 aromatic heterocycles. The molecule has 1 aliphatic heterocycles. The number of carbonyl (C=O) groups is 3. The minimum Gasteiger partial charge on any atom is -0.422 e. The zero-order chi connectivity index (χ0) is 22.3. The van der Waals surface area contributed by atoms with E-state index in [-0.39, 0.29) is 20.8 Å². The third-order valence-electron chi connectivity index (χ3n) is 5.07. The molecule has 6 nitrogen and oxygen atoms in total. The van der Waals surface area contributed by atoms with Crippen LogP contribution in [0.5, 0.6) is 5.75 Å². The van der Waals surface area contributed by atoms with E-state index in [0.29, 0.717) is 5.56 Å². The molecule has 1 N–H and O–H groups in total. The molecular formula is C22H15Cl3N2O4. The SMILES string of the molecule is CC1(c2ccc3ccccc3c2)NC(=O)N(CC(=O)Oc2c(Cl)cc(Cl)cc2Cl)C1=O. The van der Waals surface area contributed by atoms with Crippen LogP contribution in [0, 0.1) is 0 Å². The molecule has 4 rings (SSSR count). The zero-order valence-corrected chi connectivity index (χ0v) is 18.4. The van der Waals surface area contributed by atoms with E-state index in [1.54, 1.807) is 13.0 Å². The van der Waals surface area contributed by atoms with Gasteiger partial charge in [0.25, 0.3) is 5.91 Å². The van der Waals surface area contributed by atoms with E-state index in [2.05, 4.69) is 5.32 Å². The zero-order valence-electron chi connectivity index (χ0n) is 16.1. The Morgan fingerprint density at radius 3 is 2.32 bits per heavy atom. The number of benzene rings is 3. The molecule has 3 amide bonds. The Kier molecular flexibility index (Phi) is 5.56. The maximum atomic E-state index is 13.1. The van der Waals surface area contributed by atoms with Crippen molar-refractivity contribution >= 4 is 63.5 Å². The Hall–Kier alpha value is -2.80. The van der Waals surface area contributed by atoms with Crippen LogP contribution in [0.1, 0.15) is 12.5 Å². The van der Waals surface area contributed by atoms with Crippen LogP contribution in [0.25, 0.3) is 10.8 Å². The number of halogens is 3. The summed E-state index contributed by atoms with van der Waals surface area (Å²) in [6, 6.07) is 15.2. The lowest BCUT2D eigenvalue weighted by Crippen LogP contribution is -2.42. The quantitative estimate of drug-likeness (QED) is 0.319. The van der Waals surface area contributed by atoms with E-state index < -0.39 is 30.0 Å². The summed E-state index contributed by atoms with van der Waals surface area (Å²) >= 11 is 17.9. The van der Waals surface area contributed by atoms with Crippen LogP contribution in [-0.4, -0.2) is 29.4 Å². The number of urea groups is 1. The average molecular weight is 478 g/mol. The fourth-order valence-electron chi connectivity index (χ4n) is 3.44. The molecule has 0 aliphatic carbocycles. The van der Waals surface area contributed by atoms with Crippen LogP contribution >= 0.6 is 34.8 Å². The number of esters is 1. The second kappa shape index (κ2) is 8.04. The van der Waals surface area contributed by atoms with Crippen LogP contribution in [0.3, 0.4) is 0 Å². The van der Waals surface area contributed by atoms with Gasteiger partial charge in [-0.05, 0) is 41.5 Å². The van der Waals surface area contributed by atoms with Gasteiger partial charge in [0.05, 0.1) is 10.0 Å². The van der Waals surface area contributed by atoms with Crippen LogP contribution in [0.15, 0.2) is 54.6 Å². The highest BCUT2D eigenvalue weighted by Crippen LogP contribution is 2.36. The van der Waals surface area contributed by atoms with E-state index in [1.165, 1.54) is 12.1 Å². The van der Waals surface area contributed by atoms with Gasteiger partial charge in [-0.2, -0.15) is 0 Å². The maximum absolute atomic E-state index is 13.1. The Balaban J connectivity index is 1.56. The summed E-state index contributed by atoms with van der Waals surface area (Å²) in [6.07, 6.45) is 0. The molecule has 158 valence electrons. The molecule has 1 aliphatic rings. The number of nitrogens with one attached hydrogen (secondary N) is 1. The number of ether oxygens (including phenoxy) is 1. The van der Waals surface area contributed by atoms with Crippen molar-refractivity contribution in [2.24, 2.45) is 0 Å². The number of amides is 3. The molecule has 3 aromatic rings. The van der Waals surface area contributed by atoms with Gasteiger partial charge in [0.15, 0.2) is 5.75 Å². The number of carbonyl (C=O) groups excluding carboxylic acids is 3. The van der Waals surface area contributed by atoms with E-state index >= 15 is 0 Å². The van der Waals surface area contributed by atoms with E-state index in [4.69, 9.17) is 39.5 Å². The van der Waals surface area contributed by atoms with Crippen molar-refractivity contribution in [3.05, 3.63) is 75.2 Å². The van der Waals surface area contributed by atoms with Gasteiger partial charge in [-0.25, -0.2) is 9.59 Å². The molecular weight excluding hydrogens is 463 g/mol. The summed E-state index contributed by atoms with van der Waals surface area (Å²) in [4.78, 5) is 38.9. The lowest BCUT2D eigenvalue weighted by molar-refractivity contribution is -0.140. The second-order valence-electron chi connectivity index (χ2n) is 7.18. The normalized spacial score (nSPS) is 18.4. The number of imide groups is 1. The minimum absolute atomic E-state index is 0.0315. The number of nitrogens with zero attached hydrogens (tertiary/aromatic N) is 1. The Morgan fingerprint density at radius 2 is 1.65 bits per heavy atom. The molecule has 1 saturated heterocycles. The van der Waals surface area contributed by atoms with Gasteiger partial charge in [-0.1, -0.05) is 71.2 Å². The molecule has 9 heteroatoms. The van der Waals surface area contributed by atoms with Gasteiger partial charge >= 0.3 is 12.0 Å². The van der Waals surface area contributed by atoms with Gasteiger partial charge in [0.2, 0.25) is 0 Å². The molecule has 1 heterocycles. The Labute approximate surface area is 192 Å². The summed E-state index contributed by atoms with van der Waals surface area (Å²) in [7, 11) is 0. The van der Waals surface area contributed by atoms with Crippen LogP contribution in [0.2, 0.25) is 15.1 Å². The van der Waals surface area contributed by atoms with Crippen molar-refractivity contribution in [2.45, 2.75) is 12.5 Å². The van der Waals surface area contributed by atoms with Crippen molar-refractivity contribution in [1.82, 2.24) is 10.2 Å². The first-order valence-electron chi connectivity index (χ1n) is 9.17. The molecule has 0 bridgehead atoms. The maximum Gasteiger partial charge on any atom is 0.331 e. The monoisotopic (exact) mass is 476 g/mol. The van der Waals surface area contributed by atoms with Crippen molar-refractivity contribution < 1.29 is 19.1 Å². The molecule has 1 fully saturated rings. The molecule has 3 aromatic carbocycles. The topological polar surface area (TPSA) is 75.7 Å². The van der Waals surface area contributed by atoms with Crippen molar-refractivity contribution in [3.8, 4) is 5.75 Å². The molecule has 0 spiro atoms. The molecule has 0 radical (unpaired) electrons. The van der Waals surface area contributed by atoms with Gasteiger partial charge in [0, 0.05) is 5.02 Å². The highest BCUT2D eigenvalue weighted by Gasteiger charge is 2.49. The lowest BCUT2D eigenvalue weighted by Gasteiger charge is -2.22. The van der Waals surface area contributed by atoms with Gasteiger partial charge in [-0.15, -0.1) is 0 Å². The van der Waals surface area contributed by atoms with E-state index in [1.807, 2.05) is 36.4 Å². The van der Waals surface area contributed by atoms with Crippen LogP contribution < -0.4 is 10.1 Å². The summed E-state index contributed by atoms with van der Waals surface area (Å²) in [5, 5.41) is 4.93. The van der Waals surface area contributed by atoms with E-state index in [0.717, 1.165) is 15.7 Å². The number of fused-ring (bicyclic) bond motifs is 1. The first-order chi connectivity index (χ1) is 14.7. The number of hydrogen-bond donors (Lipinski definition) is 1. The molecule has 31 heavy (non-hydrogen) atoms. The van der Waals surface area contributed by atoms with Gasteiger partial charge < -0.3 is 10.1 Å². The van der Waals surface area contributed by atoms with Crippen molar-refractivity contribution in [1.29, 1.82) is 0 Å². The van der Waals surface area contributed by atoms with Crippen LogP contribution in [-0.2, 0) is 15.1 Å². The highest BCUT2D eigenvalue weighted by molar-refractivity contribution is 6.40. The Bertz CT molecular complexity index is 1220. The summed E-state index contributed by atoms with van der Waals surface area (Å²) in [5.74, 6) is -1.54. The molecule has 0 saturated carbocycles. The third kappa shape index (κ3) is 3.94. The second-order valence-corrected chi connectivity index (χ2v) is 8.43. The molecule has 1 unspecified atom stereocenters. The standard InChI is InChI=1S/C22H15Cl3N2O4/c1-22(14-7-6-12-4-2-3-5-13(12)8-14)20(29)27(21(30)26-22)11-18(28)31-19-16(24)9-15(23)10-17(19)25/h2-10H,11H2,1H3,(H,26,30). The van der Waals surface area contributed by atoms with E-state index in [9.17, 15) is 14.4 Å². The first kappa shape index (κ1) is 21.4. The predicted octanol–water partition coefficient (Wildman–Crippen LogP) is 5.17.